The van der Waals surface area contributed by atoms with Crippen molar-refractivity contribution in [3.05, 3.63) is 82.9 Å². The van der Waals surface area contributed by atoms with Crippen LogP contribution in [0.2, 0.25) is 0 Å². The standard InChI is InChI=1S/C27H25N5/c1-2-19-8-10-21(11-9-19)25-22(14-28)26(31)27(17-29,18-30)24-12-13-32(16-23(24)25)15-20-6-4-3-5-7-20/h3-12,22-23,25,31H,2,13,15-16H2,1H3/t22?,23-,25-/m1/s1. The van der Waals surface area contributed by atoms with Gasteiger partial charge in [0.25, 0.3) is 0 Å². The Balaban J connectivity index is 1.79. The molecule has 158 valence electrons. The van der Waals surface area contributed by atoms with Gasteiger partial charge in [0, 0.05) is 31.5 Å². The number of aryl methyl sites for hydroxylation is 1. The Morgan fingerprint density at radius 1 is 1.00 bits per heavy atom. The summed E-state index contributed by atoms with van der Waals surface area (Å²) in [7, 11) is 0. The summed E-state index contributed by atoms with van der Waals surface area (Å²) >= 11 is 0. The van der Waals surface area contributed by atoms with Gasteiger partial charge in [0.2, 0.25) is 5.41 Å². The molecule has 1 heterocycles. The summed E-state index contributed by atoms with van der Waals surface area (Å²) in [5.41, 5.74) is 2.33. The average Bonchev–Trinajstić information content (AvgIpc) is 2.84. The predicted octanol–water partition coefficient (Wildman–Crippen LogP) is 4.60. The topological polar surface area (TPSA) is 98.5 Å². The Morgan fingerprint density at radius 3 is 2.28 bits per heavy atom. The van der Waals surface area contributed by atoms with Gasteiger partial charge >= 0.3 is 0 Å². The maximum Gasteiger partial charge on any atom is 0.203 e. The van der Waals surface area contributed by atoms with Gasteiger partial charge in [0.05, 0.1) is 29.8 Å². The Hall–Kier alpha value is -3.72. The first-order valence-corrected chi connectivity index (χ1v) is 10.9. The summed E-state index contributed by atoms with van der Waals surface area (Å²) in [6.45, 7) is 4.10. The molecule has 4 rings (SSSR count). The molecule has 0 amide bonds. The number of nitrogens with zero attached hydrogens (tertiary/aromatic N) is 4. The number of benzene rings is 2. The number of nitriles is 3. The van der Waals surface area contributed by atoms with Gasteiger partial charge in [0.15, 0.2) is 0 Å². The molecule has 0 aromatic heterocycles. The number of hydrogen-bond donors (Lipinski definition) is 1. The summed E-state index contributed by atoms with van der Waals surface area (Å²) in [5.74, 6) is -1.27. The van der Waals surface area contributed by atoms with Crippen LogP contribution < -0.4 is 0 Å². The lowest BCUT2D eigenvalue weighted by atomic mass is 9.55. The van der Waals surface area contributed by atoms with Crippen LogP contribution in [-0.2, 0) is 13.0 Å². The van der Waals surface area contributed by atoms with Crippen LogP contribution >= 0.6 is 0 Å². The molecule has 32 heavy (non-hydrogen) atoms. The van der Waals surface area contributed by atoms with E-state index in [9.17, 15) is 15.8 Å². The molecular weight excluding hydrogens is 394 g/mol. The van der Waals surface area contributed by atoms with Crippen LogP contribution in [0.15, 0.2) is 66.2 Å². The minimum atomic E-state index is -1.66. The highest BCUT2D eigenvalue weighted by molar-refractivity contribution is 6.01. The van der Waals surface area contributed by atoms with Crippen LogP contribution in [0.5, 0.6) is 0 Å². The third-order valence-electron chi connectivity index (χ3n) is 6.86. The van der Waals surface area contributed by atoms with Gasteiger partial charge < -0.3 is 5.41 Å². The summed E-state index contributed by atoms with van der Waals surface area (Å²) in [6, 6.07) is 24.9. The van der Waals surface area contributed by atoms with Crippen molar-refractivity contribution in [1.29, 1.82) is 21.2 Å². The van der Waals surface area contributed by atoms with E-state index in [1.54, 1.807) is 0 Å². The first-order chi connectivity index (χ1) is 15.6. The first kappa shape index (κ1) is 21.5. The van der Waals surface area contributed by atoms with Crippen molar-refractivity contribution >= 4 is 5.71 Å². The second-order valence-corrected chi connectivity index (χ2v) is 8.56. The highest BCUT2D eigenvalue weighted by Gasteiger charge is 2.56. The molecule has 2 aromatic rings. The highest BCUT2D eigenvalue weighted by atomic mass is 15.1. The quantitative estimate of drug-likeness (QED) is 0.732. The summed E-state index contributed by atoms with van der Waals surface area (Å²) in [4.78, 5) is 2.29. The van der Waals surface area contributed by atoms with E-state index in [1.165, 1.54) is 11.1 Å². The van der Waals surface area contributed by atoms with Crippen molar-refractivity contribution in [1.82, 2.24) is 4.90 Å². The lowest BCUT2D eigenvalue weighted by Gasteiger charge is -2.47. The molecular formula is C27H25N5. The predicted molar refractivity (Wildman–Crippen MR) is 122 cm³/mol. The molecule has 1 fully saturated rings. The molecule has 0 spiro atoms. The van der Waals surface area contributed by atoms with Gasteiger partial charge in [-0.1, -0.05) is 67.6 Å². The molecule has 1 N–H and O–H groups in total. The molecule has 1 saturated carbocycles. The van der Waals surface area contributed by atoms with E-state index in [4.69, 9.17) is 5.41 Å². The van der Waals surface area contributed by atoms with Gasteiger partial charge in [0.1, 0.15) is 0 Å². The van der Waals surface area contributed by atoms with Crippen molar-refractivity contribution in [3.8, 4) is 18.2 Å². The van der Waals surface area contributed by atoms with Gasteiger partial charge in [-0.25, -0.2) is 0 Å². The lowest BCUT2D eigenvalue weighted by molar-refractivity contribution is 0.203. The number of fused-ring (bicyclic) bond motifs is 1. The molecule has 1 aliphatic carbocycles. The van der Waals surface area contributed by atoms with Crippen LogP contribution in [-0.4, -0.2) is 23.7 Å². The van der Waals surface area contributed by atoms with Gasteiger partial charge in [-0.2, -0.15) is 15.8 Å². The van der Waals surface area contributed by atoms with Crippen LogP contribution in [0.1, 0.15) is 29.5 Å². The zero-order chi connectivity index (χ0) is 22.7. The van der Waals surface area contributed by atoms with E-state index in [1.807, 2.05) is 36.4 Å². The smallest absolute Gasteiger partial charge is 0.203 e. The minimum absolute atomic E-state index is 0.0893. The van der Waals surface area contributed by atoms with E-state index < -0.39 is 11.3 Å². The minimum Gasteiger partial charge on any atom is -0.305 e. The van der Waals surface area contributed by atoms with E-state index >= 15 is 0 Å². The van der Waals surface area contributed by atoms with Gasteiger partial charge in [-0.3, -0.25) is 4.90 Å². The summed E-state index contributed by atoms with van der Waals surface area (Å²) < 4.78 is 0. The van der Waals surface area contributed by atoms with Crippen LogP contribution in [0, 0.1) is 56.7 Å². The third-order valence-corrected chi connectivity index (χ3v) is 6.86. The van der Waals surface area contributed by atoms with Crippen molar-refractivity contribution in [2.24, 2.45) is 17.3 Å². The lowest BCUT2D eigenvalue weighted by Crippen LogP contribution is -2.52. The Kier molecular flexibility index (Phi) is 5.91. The normalized spacial score (nSPS) is 24.4. The van der Waals surface area contributed by atoms with E-state index in [2.05, 4.69) is 54.3 Å². The molecule has 2 aromatic carbocycles. The van der Waals surface area contributed by atoms with Crippen LogP contribution in [0.4, 0.5) is 0 Å². The van der Waals surface area contributed by atoms with E-state index in [-0.39, 0.29) is 17.5 Å². The number of hydrogen-bond acceptors (Lipinski definition) is 5. The molecule has 1 unspecified atom stereocenters. The van der Waals surface area contributed by atoms with Gasteiger partial charge in [-0.15, -0.1) is 0 Å². The second-order valence-electron chi connectivity index (χ2n) is 8.56. The molecule has 5 nitrogen and oxygen atoms in total. The molecule has 0 bridgehead atoms. The Bertz CT molecular complexity index is 1140. The van der Waals surface area contributed by atoms with Crippen molar-refractivity contribution < 1.29 is 0 Å². The van der Waals surface area contributed by atoms with E-state index in [0.29, 0.717) is 18.7 Å². The van der Waals surface area contributed by atoms with E-state index in [0.717, 1.165) is 18.5 Å². The number of rotatable bonds is 4. The van der Waals surface area contributed by atoms with Gasteiger partial charge in [-0.05, 0) is 28.7 Å². The average molecular weight is 420 g/mol. The summed E-state index contributed by atoms with van der Waals surface area (Å²) in [5, 5.41) is 38.8. The number of nitrogens with one attached hydrogen (secondary N) is 1. The molecule has 0 radical (unpaired) electrons. The van der Waals surface area contributed by atoms with Crippen molar-refractivity contribution in [2.75, 3.05) is 13.1 Å². The Labute approximate surface area is 189 Å². The molecule has 1 aliphatic heterocycles. The largest absolute Gasteiger partial charge is 0.305 e. The van der Waals surface area contributed by atoms with Crippen LogP contribution in [0.3, 0.4) is 0 Å². The SMILES string of the molecule is CCc1ccc([C@@H]2C(C#N)C(=N)C(C#N)(C#N)C3=CCN(Cc4ccccc4)C[C@H]32)cc1. The highest BCUT2D eigenvalue weighted by Crippen LogP contribution is 2.52. The zero-order valence-corrected chi connectivity index (χ0v) is 18.1. The molecule has 3 atom stereocenters. The molecule has 0 saturated heterocycles. The fourth-order valence-corrected chi connectivity index (χ4v) is 5.16. The maximum absolute atomic E-state index is 10.1. The monoisotopic (exact) mass is 419 g/mol. The fraction of sp³-hybridized carbons (Fsp3) is 0.333. The molecule has 5 heteroatoms. The maximum atomic E-state index is 10.1. The van der Waals surface area contributed by atoms with Crippen molar-refractivity contribution in [2.45, 2.75) is 25.8 Å². The first-order valence-electron chi connectivity index (χ1n) is 10.9. The fourth-order valence-electron chi connectivity index (χ4n) is 5.16. The van der Waals surface area contributed by atoms with Crippen LogP contribution in [0.25, 0.3) is 0 Å². The zero-order valence-electron chi connectivity index (χ0n) is 18.1. The summed E-state index contributed by atoms with van der Waals surface area (Å²) in [6.07, 6.45) is 2.88. The Morgan fingerprint density at radius 2 is 1.69 bits per heavy atom. The second kappa shape index (κ2) is 8.80. The van der Waals surface area contributed by atoms with Crippen molar-refractivity contribution in [3.63, 3.8) is 0 Å². The molecule has 2 aliphatic rings. The third kappa shape index (κ3) is 3.50.